The third-order valence-corrected chi connectivity index (χ3v) is 3.46. The van der Waals surface area contributed by atoms with Gasteiger partial charge in [-0.2, -0.15) is 0 Å². The van der Waals surface area contributed by atoms with Crippen LogP contribution >= 0.6 is 0 Å². The monoisotopic (exact) mass is 250 g/mol. The molecule has 1 N–H and O–H groups in total. The average molecular weight is 250 g/mol. The Labute approximate surface area is 109 Å². The Bertz CT molecular complexity index is 373. The van der Waals surface area contributed by atoms with Crippen molar-refractivity contribution >= 4 is 5.82 Å². The van der Waals surface area contributed by atoms with E-state index in [4.69, 9.17) is 4.74 Å². The molecule has 0 aliphatic carbocycles. The van der Waals surface area contributed by atoms with Gasteiger partial charge >= 0.3 is 0 Å². The third-order valence-electron chi connectivity index (χ3n) is 3.46. The first-order chi connectivity index (χ1) is 8.78. The number of rotatable bonds is 4. The number of ether oxygens (including phenoxy) is 1. The van der Waals surface area contributed by atoms with Crippen molar-refractivity contribution in [3.05, 3.63) is 23.4 Å². The maximum atomic E-state index is 9.33. The van der Waals surface area contributed by atoms with Crippen LogP contribution in [-0.4, -0.2) is 35.9 Å². The van der Waals surface area contributed by atoms with E-state index < -0.39 is 0 Å². The van der Waals surface area contributed by atoms with E-state index in [1.54, 1.807) is 0 Å². The Morgan fingerprint density at radius 1 is 1.44 bits per heavy atom. The van der Waals surface area contributed by atoms with Crippen LogP contribution in [0.25, 0.3) is 0 Å². The first kappa shape index (κ1) is 13.3. The highest BCUT2D eigenvalue weighted by molar-refractivity contribution is 5.44. The van der Waals surface area contributed by atoms with Crippen molar-refractivity contribution < 1.29 is 9.84 Å². The largest absolute Gasteiger partial charge is 0.392 e. The zero-order chi connectivity index (χ0) is 13.0. The molecular formula is C14H22N2O2. The summed E-state index contributed by atoms with van der Waals surface area (Å²) < 4.78 is 5.52. The fraction of sp³-hybridized carbons (Fsp3) is 0.643. The lowest BCUT2D eigenvalue weighted by Crippen LogP contribution is -2.45. The number of aliphatic hydroxyl groups excluding tert-OH is 1. The van der Waals surface area contributed by atoms with Crippen molar-refractivity contribution in [2.75, 3.05) is 24.7 Å². The van der Waals surface area contributed by atoms with Crippen molar-refractivity contribution in [3.8, 4) is 0 Å². The van der Waals surface area contributed by atoms with Crippen LogP contribution < -0.4 is 4.90 Å². The SMILES string of the molecule is CCc1cc(CO)cc(N2CCOCC2CC)n1. The molecule has 0 radical (unpaired) electrons. The minimum atomic E-state index is 0.0731. The Hall–Kier alpha value is -1.13. The van der Waals surface area contributed by atoms with Crippen molar-refractivity contribution in [1.29, 1.82) is 0 Å². The van der Waals surface area contributed by atoms with E-state index in [1.165, 1.54) is 0 Å². The smallest absolute Gasteiger partial charge is 0.129 e. The van der Waals surface area contributed by atoms with Crippen LogP contribution in [0.1, 0.15) is 31.5 Å². The number of hydrogen-bond donors (Lipinski definition) is 1. The van der Waals surface area contributed by atoms with Gasteiger partial charge in [0.25, 0.3) is 0 Å². The van der Waals surface area contributed by atoms with Gasteiger partial charge in [0.1, 0.15) is 5.82 Å². The van der Waals surface area contributed by atoms with Crippen LogP contribution in [0.5, 0.6) is 0 Å². The van der Waals surface area contributed by atoms with Gasteiger partial charge in [0, 0.05) is 12.2 Å². The number of morpholine rings is 1. The molecule has 4 nitrogen and oxygen atoms in total. The predicted octanol–water partition coefficient (Wildman–Crippen LogP) is 1.75. The van der Waals surface area contributed by atoms with Crippen LogP contribution in [0.2, 0.25) is 0 Å². The topological polar surface area (TPSA) is 45.6 Å². The molecule has 1 aromatic rings. The molecule has 1 atom stereocenters. The Balaban J connectivity index is 2.29. The van der Waals surface area contributed by atoms with Crippen LogP contribution in [0, 0.1) is 0 Å². The number of anilines is 1. The van der Waals surface area contributed by atoms with E-state index in [9.17, 15) is 5.11 Å². The predicted molar refractivity (Wildman–Crippen MR) is 71.8 cm³/mol. The number of aromatic nitrogens is 1. The molecule has 0 spiro atoms. The highest BCUT2D eigenvalue weighted by Crippen LogP contribution is 2.21. The van der Waals surface area contributed by atoms with Crippen molar-refractivity contribution in [2.45, 2.75) is 39.3 Å². The molecule has 0 aromatic carbocycles. The summed E-state index contributed by atoms with van der Waals surface area (Å²) in [5.74, 6) is 0.980. The second-order valence-electron chi connectivity index (χ2n) is 4.67. The van der Waals surface area contributed by atoms with Crippen molar-refractivity contribution in [3.63, 3.8) is 0 Å². The van der Waals surface area contributed by atoms with Gasteiger partial charge in [-0.05, 0) is 30.5 Å². The average Bonchev–Trinajstić information content (AvgIpc) is 2.46. The molecule has 2 heterocycles. The molecule has 0 bridgehead atoms. The van der Waals surface area contributed by atoms with Crippen molar-refractivity contribution in [1.82, 2.24) is 4.98 Å². The third kappa shape index (κ3) is 2.82. The summed E-state index contributed by atoms with van der Waals surface area (Å²) in [6, 6.07) is 4.36. The number of nitrogens with zero attached hydrogens (tertiary/aromatic N) is 2. The lowest BCUT2D eigenvalue weighted by Gasteiger charge is -2.36. The zero-order valence-corrected chi connectivity index (χ0v) is 11.2. The fourth-order valence-corrected chi connectivity index (χ4v) is 2.35. The summed E-state index contributed by atoms with van der Waals surface area (Å²) >= 11 is 0. The van der Waals surface area contributed by atoms with Gasteiger partial charge in [0.05, 0.1) is 25.9 Å². The van der Waals surface area contributed by atoms with Crippen LogP contribution in [0.3, 0.4) is 0 Å². The second kappa shape index (κ2) is 6.16. The number of aliphatic hydroxyl groups is 1. The van der Waals surface area contributed by atoms with Crippen molar-refractivity contribution in [2.24, 2.45) is 0 Å². The molecule has 1 fully saturated rings. The summed E-state index contributed by atoms with van der Waals surface area (Å²) in [5.41, 5.74) is 1.98. The first-order valence-corrected chi connectivity index (χ1v) is 6.73. The van der Waals surface area contributed by atoms with E-state index in [2.05, 4.69) is 23.7 Å². The molecule has 1 aliphatic heterocycles. The molecule has 1 unspecified atom stereocenters. The Morgan fingerprint density at radius 2 is 2.28 bits per heavy atom. The first-order valence-electron chi connectivity index (χ1n) is 6.73. The summed E-state index contributed by atoms with van der Waals surface area (Å²) in [7, 11) is 0. The molecule has 18 heavy (non-hydrogen) atoms. The fourth-order valence-electron chi connectivity index (χ4n) is 2.35. The Morgan fingerprint density at radius 3 is 2.94 bits per heavy atom. The molecule has 2 rings (SSSR count). The van der Waals surface area contributed by atoms with E-state index >= 15 is 0 Å². The van der Waals surface area contributed by atoms with Gasteiger partial charge in [-0.15, -0.1) is 0 Å². The molecule has 4 heteroatoms. The maximum absolute atomic E-state index is 9.33. The molecule has 0 amide bonds. The summed E-state index contributed by atoms with van der Waals surface area (Å²) in [6.07, 6.45) is 1.94. The van der Waals surface area contributed by atoms with E-state index in [-0.39, 0.29) is 6.61 Å². The molecule has 1 aromatic heterocycles. The molecule has 100 valence electrons. The lowest BCUT2D eigenvalue weighted by atomic mass is 10.1. The van der Waals surface area contributed by atoms with E-state index in [0.717, 1.165) is 49.7 Å². The molecule has 1 saturated heterocycles. The maximum Gasteiger partial charge on any atom is 0.129 e. The molecule has 0 saturated carbocycles. The molecule has 1 aliphatic rings. The molecular weight excluding hydrogens is 228 g/mol. The normalized spacial score (nSPS) is 20.2. The van der Waals surface area contributed by atoms with Gasteiger partial charge in [-0.1, -0.05) is 13.8 Å². The van der Waals surface area contributed by atoms with E-state index in [0.29, 0.717) is 6.04 Å². The van der Waals surface area contributed by atoms with Gasteiger partial charge < -0.3 is 14.7 Å². The quantitative estimate of drug-likeness (QED) is 0.884. The number of pyridine rings is 1. The highest BCUT2D eigenvalue weighted by atomic mass is 16.5. The van der Waals surface area contributed by atoms with E-state index in [1.807, 2.05) is 12.1 Å². The van der Waals surface area contributed by atoms with Gasteiger partial charge in [0.15, 0.2) is 0 Å². The lowest BCUT2D eigenvalue weighted by molar-refractivity contribution is 0.0925. The minimum absolute atomic E-state index is 0.0731. The second-order valence-corrected chi connectivity index (χ2v) is 4.67. The van der Waals surface area contributed by atoms with Gasteiger partial charge in [-0.3, -0.25) is 0 Å². The van der Waals surface area contributed by atoms with Gasteiger partial charge in [-0.25, -0.2) is 4.98 Å². The van der Waals surface area contributed by atoms with Crippen LogP contribution in [0.15, 0.2) is 12.1 Å². The summed E-state index contributed by atoms with van der Waals surface area (Å²) in [6.45, 7) is 6.73. The van der Waals surface area contributed by atoms with Crippen LogP contribution in [0.4, 0.5) is 5.82 Å². The standard InChI is InChI=1S/C14H22N2O2/c1-3-12-7-11(9-17)8-14(15-12)16-5-6-18-10-13(16)4-2/h7-8,13,17H,3-6,9-10H2,1-2H3. The summed E-state index contributed by atoms with van der Waals surface area (Å²) in [5, 5.41) is 9.33. The Kier molecular flexibility index (Phi) is 4.55. The van der Waals surface area contributed by atoms with Crippen LogP contribution in [-0.2, 0) is 17.8 Å². The zero-order valence-electron chi connectivity index (χ0n) is 11.2. The number of hydrogen-bond acceptors (Lipinski definition) is 4. The highest BCUT2D eigenvalue weighted by Gasteiger charge is 2.23. The van der Waals surface area contributed by atoms with Gasteiger partial charge in [0.2, 0.25) is 0 Å². The summed E-state index contributed by atoms with van der Waals surface area (Å²) in [4.78, 5) is 6.99. The minimum Gasteiger partial charge on any atom is -0.392 e. The number of aryl methyl sites for hydroxylation is 1.